The van der Waals surface area contributed by atoms with Gasteiger partial charge in [0.1, 0.15) is 0 Å². The van der Waals surface area contributed by atoms with Gasteiger partial charge in [0.05, 0.1) is 24.9 Å². The SMILES string of the molecule is CCOC(=O)Cc1cnc2sc(C(F)(F)F)nn12. The van der Waals surface area contributed by atoms with Crippen molar-refractivity contribution in [3.63, 3.8) is 0 Å². The van der Waals surface area contributed by atoms with E-state index in [1.54, 1.807) is 6.92 Å². The van der Waals surface area contributed by atoms with Gasteiger partial charge in [-0.2, -0.15) is 13.2 Å². The minimum atomic E-state index is -4.51. The lowest BCUT2D eigenvalue weighted by molar-refractivity contribution is -0.142. The topological polar surface area (TPSA) is 56.5 Å². The first-order valence-corrected chi connectivity index (χ1v) is 5.79. The third kappa shape index (κ3) is 2.45. The maximum atomic E-state index is 12.4. The van der Waals surface area contributed by atoms with Crippen molar-refractivity contribution in [2.45, 2.75) is 19.5 Å². The van der Waals surface area contributed by atoms with Crippen molar-refractivity contribution in [2.24, 2.45) is 0 Å². The van der Waals surface area contributed by atoms with Gasteiger partial charge in [0.15, 0.2) is 0 Å². The normalized spacial score (nSPS) is 12.0. The molecule has 0 aliphatic heterocycles. The Labute approximate surface area is 103 Å². The summed E-state index contributed by atoms with van der Waals surface area (Å²) in [4.78, 5) is 15.1. The summed E-state index contributed by atoms with van der Waals surface area (Å²) in [6.07, 6.45) is -3.35. The first kappa shape index (κ1) is 12.8. The van der Waals surface area contributed by atoms with Gasteiger partial charge < -0.3 is 4.74 Å². The van der Waals surface area contributed by atoms with Gasteiger partial charge in [0.25, 0.3) is 0 Å². The second kappa shape index (κ2) is 4.56. The van der Waals surface area contributed by atoms with Gasteiger partial charge in [-0.1, -0.05) is 11.3 Å². The molecule has 18 heavy (non-hydrogen) atoms. The highest BCUT2D eigenvalue weighted by Crippen LogP contribution is 2.32. The van der Waals surface area contributed by atoms with Crippen LogP contribution < -0.4 is 0 Å². The molecule has 2 heterocycles. The largest absolute Gasteiger partial charge is 0.466 e. The molecule has 0 radical (unpaired) electrons. The number of hydrogen-bond donors (Lipinski definition) is 0. The third-order valence-corrected chi connectivity index (χ3v) is 3.00. The lowest BCUT2D eigenvalue weighted by Gasteiger charge is -2.00. The molecule has 0 atom stereocenters. The van der Waals surface area contributed by atoms with Crippen LogP contribution in [0.25, 0.3) is 4.96 Å². The highest BCUT2D eigenvalue weighted by Gasteiger charge is 2.36. The molecule has 98 valence electrons. The molecule has 0 fully saturated rings. The Morgan fingerprint density at radius 3 is 2.89 bits per heavy atom. The highest BCUT2D eigenvalue weighted by molar-refractivity contribution is 7.16. The van der Waals surface area contributed by atoms with Crippen molar-refractivity contribution in [2.75, 3.05) is 6.61 Å². The van der Waals surface area contributed by atoms with Crippen LogP contribution in [0.2, 0.25) is 0 Å². The van der Waals surface area contributed by atoms with Crippen molar-refractivity contribution < 1.29 is 22.7 Å². The Kier molecular flexibility index (Phi) is 3.24. The van der Waals surface area contributed by atoms with Crippen molar-refractivity contribution in [3.8, 4) is 0 Å². The third-order valence-electron chi connectivity index (χ3n) is 2.03. The van der Waals surface area contributed by atoms with Crippen LogP contribution in [0.15, 0.2) is 6.20 Å². The van der Waals surface area contributed by atoms with Gasteiger partial charge in [0.2, 0.25) is 9.97 Å². The van der Waals surface area contributed by atoms with Gasteiger partial charge >= 0.3 is 12.1 Å². The fourth-order valence-electron chi connectivity index (χ4n) is 1.33. The molecule has 2 rings (SSSR count). The molecule has 0 amide bonds. The van der Waals surface area contributed by atoms with Crippen LogP contribution in [0.1, 0.15) is 17.6 Å². The van der Waals surface area contributed by atoms with Crippen LogP contribution in [0.4, 0.5) is 13.2 Å². The maximum Gasteiger partial charge on any atom is 0.445 e. The summed E-state index contributed by atoms with van der Waals surface area (Å²) < 4.78 is 43.0. The summed E-state index contributed by atoms with van der Waals surface area (Å²) in [6.45, 7) is 1.86. The number of ether oxygens (including phenoxy) is 1. The van der Waals surface area contributed by atoms with Crippen LogP contribution in [-0.2, 0) is 22.1 Å². The lowest BCUT2D eigenvalue weighted by atomic mass is 10.3. The van der Waals surface area contributed by atoms with Crippen LogP contribution in [0, 0.1) is 0 Å². The summed E-state index contributed by atoms with van der Waals surface area (Å²) >= 11 is 0.429. The number of hydrogen-bond acceptors (Lipinski definition) is 5. The molecule has 0 bridgehead atoms. The summed E-state index contributed by atoms with van der Waals surface area (Å²) in [5.74, 6) is -0.527. The predicted octanol–water partition coefficient (Wildman–Crippen LogP) is 1.92. The number of alkyl halides is 3. The number of carbonyl (C=O) groups excluding carboxylic acids is 1. The Bertz CT molecular complexity index is 575. The zero-order valence-corrected chi connectivity index (χ0v) is 10.0. The minimum absolute atomic E-state index is 0.0987. The number of carbonyl (C=O) groups is 1. The number of rotatable bonds is 3. The van der Waals surface area contributed by atoms with Crippen molar-refractivity contribution in [1.82, 2.24) is 14.6 Å². The fourth-order valence-corrected chi connectivity index (χ4v) is 2.09. The zero-order chi connectivity index (χ0) is 13.3. The Balaban J connectivity index is 2.30. The summed E-state index contributed by atoms with van der Waals surface area (Å²) in [6, 6.07) is 0. The average Bonchev–Trinajstić information content (AvgIpc) is 2.79. The monoisotopic (exact) mass is 279 g/mol. The van der Waals surface area contributed by atoms with Gasteiger partial charge in [-0.05, 0) is 6.92 Å². The number of fused-ring (bicyclic) bond motifs is 1. The first-order valence-electron chi connectivity index (χ1n) is 4.98. The van der Waals surface area contributed by atoms with E-state index in [1.165, 1.54) is 6.20 Å². The van der Waals surface area contributed by atoms with Crippen molar-refractivity contribution in [3.05, 3.63) is 16.9 Å². The van der Waals surface area contributed by atoms with E-state index in [4.69, 9.17) is 4.74 Å². The molecule has 0 saturated carbocycles. The van der Waals surface area contributed by atoms with Crippen LogP contribution in [-0.4, -0.2) is 27.2 Å². The van der Waals surface area contributed by atoms with E-state index >= 15 is 0 Å². The van der Waals surface area contributed by atoms with E-state index in [2.05, 4.69) is 10.1 Å². The second-order valence-corrected chi connectivity index (χ2v) is 4.29. The number of aromatic nitrogens is 3. The fraction of sp³-hybridized carbons (Fsp3) is 0.444. The summed E-state index contributed by atoms with van der Waals surface area (Å²) in [7, 11) is 0. The van der Waals surface area contributed by atoms with Gasteiger partial charge in [-0.15, -0.1) is 5.10 Å². The van der Waals surface area contributed by atoms with E-state index in [1.807, 2.05) is 0 Å². The van der Waals surface area contributed by atoms with E-state index in [-0.39, 0.29) is 23.7 Å². The van der Waals surface area contributed by atoms with Gasteiger partial charge in [-0.25, -0.2) is 9.50 Å². The standard InChI is InChI=1S/C9H8F3N3O2S/c1-2-17-6(16)3-5-4-13-8-15(5)14-7(18-8)9(10,11)12/h4H,2-3H2,1H3. The number of nitrogens with zero attached hydrogens (tertiary/aromatic N) is 3. The van der Waals surface area contributed by atoms with E-state index < -0.39 is 17.2 Å². The van der Waals surface area contributed by atoms with Crippen molar-refractivity contribution >= 4 is 22.3 Å². The van der Waals surface area contributed by atoms with Crippen LogP contribution in [0.5, 0.6) is 0 Å². The molecule has 5 nitrogen and oxygen atoms in total. The van der Waals surface area contributed by atoms with Crippen LogP contribution >= 0.6 is 11.3 Å². The summed E-state index contributed by atoms with van der Waals surface area (Å²) in [5, 5.41) is 2.41. The van der Waals surface area contributed by atoms with E-state index in [0.717, 1.165) is 4.52 Å². The number of halogens is 3. The van der Waals surface area contributed by atoms with Crippen molar-refractivity contribution in [1.29, 1.82) is 0 Å². The molecule has 0 spiro atoms. The lowest BCUT2D eigenvalue weighted by Crippen LogP contribution is -2.10. The van der Waals surface area contributed by atoms with Crippen LogP contribution in [0.3, 0.4) is 0 Å². The molecule has 0 N–H and O–H groups in total. The average molecular weight is 279 g/mol. The molecule has 0 aliphatic rings. The minimum Gasteiger partial charge on any atom is -0.466 e. The predicted molar refractivity (Wildman–Crippen MR) is 56.2 cm³/mol. The highest BCUT2D eigenvalue weighted by atomic mass is 32.1. The van der Waals surface area contributed by atoms with Gasteiger partial charge in [-0.3, -0.25) is 4.79 Å². The molecule has 2 aromatic rings. The molecule has 0 aromatic carbocycles. The Hall–Kier alpha value is -1.64. The Morgan fingerprint density at radius 2 is 2.28 bits per heavy atom. The quantitative estimate of drug-likeness (QED) is 0.805. The number of imidazole rings is 1. The van der Waals surface area contributed by atoms with E-state index in [0.29, 0.717) is 11.3 Å². The number of esters is 1. The van der Waals surface area contributed by atoms with E-state index in [9.17, 15) is 18.0 Å². The molecule has 9 heteroatoms. The molecular formula is C9H8F3N3O2S. The zero-order valence-electron chi connectivity index (χ0n) is 9.19. The molecule has 0 unspecified atom stereocenters. The second-order valence-electron chi connectivity index (χ2n) is 3.33. The maximum absolute atomic E-state index is 12.4. The molecule has 0 aliphatic carbocycles. The first-order chi connectivity index (χ1) is 8.41. The smallest absolute Gasteiger partial charge is 0.445 e. The van der Waals surface area contributed by atoms with Gasteiger partial charge in [0, 0.05) is 0 Å². The summed E-state index contributed by atoms with van der Waals surface area (Å²) in [5.41, 5.74) is 0.273. The molecule has 2 aromatic heterocycles. The molecular weight excluding hydrogens is 271 g/mol. The molecule has 0 saturated heterocycles. The Morgan fingerprint density at radius 1 is 1.56 bits per heavy atom.